The molecule has 1 unspecified atom stereocenters. The molecular weight excluding hydrogens is 313 g/mol. The molecule has 3 rings (SSSR count). The summed E-state index contributed by atoms with van der Waals surface area (Å²) in [6.07, 6.45) is 2.34. The van der Waals surface area contributed by atoms with Crippen molar-refractivity contribution in [2.24, 2.45) is 5.16 Å². The first-order valence-corrected chi connectivity index (χ1v) is 8.08. The van der Waals surface area contributed by atoms with E-state index in [4.69, 9.17) is 0 Å². The van der Waals surface area contributed by atoms with E-state index in [-0.39, 0.29) is 11.5 Å². The van der Waals surface area contributed by atoms with E-state index in [0.29, 0.717) is 29.7 Å². The van der Waals surface area contributed by atoms with Gasteiger partial charge >= 0.3 is 0 Å². The van der Waals surface area contributed by atoms with Crippen molar-refractivity contribution in [3.05, 3.63) is 40.4 Å². The van der Waals surface area contributed by atoms with Crippen molar-refractivity contribution in [1.29, 1.82) is 0 Å². The van der Waals surface area contributed by atoms with E-state index in [1.807, 2.05) is 0 Å². The monoisotopic (exact) mass is 335 g/mol. The second-order valence-electron chi connectivity index (χ2n) is 7.05. The number of nitrogens with zero attached hydrogens (tertiary/aromatic N) is 3. The lowest BCUT2D eigenvalue weighted by molar-refractivity contribution is -0.568. The van der Waals surface area contributed by atoms with E-state index in [1.54, 1.807) is 26.8 Å². The summed E-state index contributed by atoms with van der Waals surface area (Å²) in [4.78, 5) is 0. The van der Waals surface area contributed by atoms with Gasteiger partial charge in [-0.1, -0.05) is 5.16 Å². The van der Waals surface area contributed by atoms with Crippen molar-refractivity contribution < 1.29 is 19.5 Å². The van der Waals surface area contributed by atoms with Gasteiger partial charge in [0.1, 0.15) is 17.1 Å². The number of hydrogen-bond acceptors (Lipinski definition) is 5. The van der Waals surface area contributed by atoms with Gasteiger partial charge in [-0.25, -0.2) is 4.39 Å². The molecule has 1 aromatic carbocycles. The van der Waals surface area contributed by atoms with Crippen LogP contribution in [-0.2, 0) is 0 Å². The molecule has 1 aliphatic carbocycles. The van der Waals surface area contributed by atoms with Crippen LogP contribution in [0.1, 0.15) is 50.7 Å². The lowest BCUT2D eigenvalue weighted by Crippen LogP contribution is -2.60. The molecule has 0 radical (unpaired) electrons. The van der Waals surface area contributed by atoms with Gasteiger partial charge in [0.15, 0.2) is 0 Å². The van der Waals surface area contributed by atoms with Crippen LogP contribution < -0.4 is 0 Å². The third kappa shape index (κ3) is 2.08. The van der Waals surface area contributed by atoms with Gasteiger partial charge in [-0.05, 0) is 63.8 Å². The Morgan fingerprint density at radius 1 is 1.33 bits per heavy atom. The lowest BCUT2D eigenvalue weighted by atomic mass is 9.86. The predicted octanol–water partition coefficient (Wildman–Crippen LogP) is 3.02. The normalized spacial score (nSPS) is 29.0. The Labute approximate surface area is 140 Å². The Hall–Kier alpha value is -1.99. The van der Waals surface area contributed by atoms with Crippen LogP contribution in [0.2, 0.25) is 0 Å². The van der Waals surface area contributed by atoms with E-state index in [2.05, 4.69) is 5.16 Å². The molecule has 1 saturated carbocycles. The number of hydroxylamine groups is 3. The van der Waals surface area contributed by atoms with Crippen molar-refractivity contribution in [3.8, 4) is 0 Å². The minimum atomic E-state index is -1.41. The van der Waals surface area contributed by atoms with Crippen LogP contribution in [0.25, 0.3) is 0 Å². The molecule has 0 aromatic heterocycles. The van der Waals surface area contributed by atoms with E-state index < -0.39 is 11.2 Å². The summed E-state index contributed by atoms with van der Waals surface area (Å²) in [5.41, 5.74) is -0.862. The number of hydrogen-bond donors (Lipinski definition) is 2. The highest BCUT2D eigenvalue weighted by atomic mass is 19.1. The average Bonchev–Trinajstić information content (AvgIpc) is 2.70. The lowest BCUT2D eigenvalue weighted by Gasteiger charge is -2.38. The Bertz CT molecular complexity index is 745. The fourth-order valence-electron chi connectivity index (χ4n) is 3.93. The van der Waals surface area contributed by atoms with Gasteiger partial charge in [0.05, 0.1) is 0 Å². The maximum Gasteiger partial charge on any atom is 0.293 e. The fraction of sp³-hybridized carbons (Fsp3) is 0.529. The minimum absolute atomic E-state index is 0.258. The summed E-state index contributed by atoms with van der Waals surface area (Å²) >= 11 is 0. The van der Waals surface area contributed by atoms with Crippen LogP contribution in [0.15, 0.2) is 23.4 Å². The van der Waals surface area contributed by atoms with Crippen LogP contribution in [0.3, 0.4) is 0 Å². The highest BCUT2D eigenvalue weighted by molar-refractivity contribution is 6.07. The van der Waals surface area contributed by atoms with Crippen LogP contribution in [0, 0.1) is 17.9 Å². The summed E-state index contributed by atoms with van der Waals surface area (Å²) in [6, 6.07) is 4.45. The summed E-state index contributed by atoms with van der Waals surface area (Å²) in [6.45, 7) is 5.08. The predicted molar refractivity (Wildman–Crippen MR) is 87.0 cm³/mol. The second kappa shape index (κ2) is 5.53. The first kappa shape index (κ1) is 16.9. The SMILES string of the molecule is Cc1cc(C2=[N+]([O-])C3(CCCCC3=NO)N(O)C2(C)C)ccc1F. The second-order valence-corrected chi connectivity index (χ2v) is 7.05. The largest absolute Gasteiger partial charge is 0.622 e. The third-order valence-electron chi connectivity index (χ3n) is 5.20. The molecule has 1 fully saturated rings. The van der Waals surface area contributed by atoms with Gasteiger partial charge in [0, 0.05) is 12.0 Å². The Balaban J connectivity index is 2.24. The average molecular weight is 335 g/mol. The summed E-state index contributed by atoms with van der Waals surface area (Å²) in [5.74, 6) is -0.349. The highest BCUT2D eigenvalue weighted by Crippen LogP contribution is 2.42. The molecule has 0 bridgehead atoms. The van der Waals surface area contributed by atoms with E-state index >= 15 is 0 Å². The molecule has 1 heterocycles. The Morgan fingerprint density at radius 3 is 2.67 bits per heavy atom. The van der Waals surface area contributed by atoms with Crippen LogP contribution in [0.5, 0.6) is 0 Å². The number of rotatable bonds is 1. The molecular formula is C17H22FN3O3. The number of halogens is 1. The standard InChI is InChI=1S/C17H22FN3O3/c1-11-10-12(7-8-13(11)18)15-16(2,3)21(24)17(20(15)23)9-5-4-6-14(17)19-22/h7-8,10,22,24H,4-6,9H2,1-3H3. The molecule has 1 atom stereocenters. The van der Waals surface area contributed by atoms with Gasteiger partial charge in [0.25, 0.3) is 5.66 Å². The van der Waals surface area contributed by atoms with E-state index in [9.17, 15) is 20.0 Å². The van der Waals surface area contributed by atoms with Crippen LogP contribution in [-0.4, -0.2) is 42.8 Å². The Morgan fingerprint density at radius 2 is 2.04 bits per heavy atom. The van der Waals surface area contributed by atoms with Gasteiger partial charge in [-0.3, -0.25) is 0 Å². The quantitative estimate of drug-likeness (QED) is 0.358. The van der Waals surface area contributed by atoms with Gasteiger partial charge in [-0.15, -0.1) is 5.06 Å². The van der Waals surface area contributed by atoms with Crippen molar-refractivity contribution in [2.75, 3.05) is 0 Å². The van der Waals surface area contributed by atoms with E-state index in [0.717, 1.165) is 22.6 Å². The minimum Gasteiger partial charge on any atom is -0.622 e. The third-order valence-corrected chi connectivity index (χ3v) is 5.20. The van der Waals surface area contributed by atoms with Crippen molar-refractivity contribution >= 4 is 11.4 Å². The molecule has 0 saturated heterocycles. The summed E-state index contributed by atoms with van der Waals surface area (Å²) in [5, 5.41) is 37.8. The maximum absolute atomic E-state index is 13.6. The van der Waals surface area contributed by atoms with Crippen LogP contribution in [0.4, 0.5) is 4.39 Å². The van der Waals surface area contributed by atoms with Gasteiger partial charge in [0.2, 0.25) is 5.71 Å². The Kier molecular flexibility index (Phi) is 3.88. The summed E-state index contributed by atoms with van der Waals surface area (Å²) in [7, 11) is 0. The fourth-order valence-corrected chi connectivity index (χ4v) is 3.93. The molecule has 0 amide bonds. The zero-order chi connectivity index (χ0) is 17.7. The molecule has 2 N–H and O–H groups in total. The number of benzene rings is 1. The number of oxime groups is 1. The van der Waals surface area contributed by atoms with Crippen LogP contribution >= 0.6 is 0 Å². The molecule has 1 spiro atoms. The molecule has 1 aromatic rings. The molecule has 7 heteroatoms. The first-order valence-electron chi connectivity index (χ1n) is 8.08. The van der Waals surface area contributed by atoms with Gasteiger partial charge in [-0.2, -0.15) is 4.74 Å². The molecule has 6 nitrogen and oxygen atoms in total. The molecule has 1 aliphatic heterocycles. The zero-order valence-electron chi connectivity index (χ0n) is 14.1. The van der Waals surface area contributed by atoms with Gasteiger partial charge < -0.3 is 15.6 Å². The molecule has 24 heavy (non-hydrogen) atoms. The van der Waals surface area contributed by atoms with Crippen molar-refractivity contribution in [3.63, 3.8) is 0 Å². The zero-order valence-corrected chi connectivity index (χ0v) is 14.1. The van der Waals surface area contributed by atoms with E-state index in [1.165, 1.54) is 12.1 Å². The number of aryl methyl sites for hydroxylation is 1. The maximum atomic E-state index is 13.6. The van der Waals surface area contributed by atoms with Crippen molar-refractivity contribution in [1.82, 2.24) is 5.06 Å². The smallest absolute Gasteiger partial charge is 0.293 e. The molecule has 130 valence electrons. The highest BCUT2D eigenvalue weighted by Gasteiger charge is 2.65. The summed E-state index contributed by atoms with van der Waals surface area (Å²) < 4.78 is 14.3. The topological polar surface area (TPSA) is 82.1 Å². The molecule has 2 aliphatic rings. The first-order chi connectivity index (χ1) is 11.3. The van der Waals surface area contributed by atoms with Crippen molar-refractivity contribution in [2.45, 2.75) is 57.7 Å².